The van der Waals surface area contributed by atoms with Crippen molar-refractivity contribution in [1.29, 1.82) is 0 Å². The van der Waals surface area contributed by atoms with Crippen LogP contribution in [0.1, 0.15) is 27.3 Å². The predicted molar refractivity (Wildman–Crippen MR) is 90.3 cm³/mol. The molecule has 1 aromatic carbocycles. The van der Waals surface area contributed by atoms with Crippen molar-refractivity contribution in [3.05, 3.63) is 71.4 Å². The molecule has 7 heteroatoms. The Hall–Kier alpha value is -3.22. The maximum absolute atomic E-state index is 11.6. The van der Waals surface area contributed by atoms with Gasteiger partial charge in [-0.15, -0.1) is 0 Å². The van der Waals surface area contributed by atoms with Gasteiger partial charge < -0.3 is 11.1 Å². The van der Waals surface area contributed by atoms with Crippen molar-refractivity contribution < 1.29 is 4.79 Å². The molecule has 3 rings (SSSR count). The Labute approximate surface area is 139 Å². The van der Waals surface area contributed by atoms with E-state index in [1.165, 1.54) is 6.20 Å². The van der Waals surface area contributed by atoms with Crippen LogP contribution in [0.2, 0.25) is 0 Å². The van der Waals surface area contributed by atoms with E-state index >= 15 is 0 Å². The first kappa shape index (κ1) is 15.7. The molecule has 0 aliphatic rings. The Morgan fingerprint density at radius 1 is 1.21 bits per heavy atom. The molecule has 0 saturated heterocycles. The number of carbonyl (C=O) groups excluding carboxylic acids is 1. The van der Waals surface area contributed by atoms with Crippen LogP contribution in [0.5, 0.6) is 0 Å². The summed E-state index contributed by atoms with van der Waals surface area (Å²) in [5, 5.41) is 7.30. The molecule has 2 heterocycles. The molecular formula is C17H18N6O. The normalized spacial score (nSPS) is 10.5. The predicted octanol–water partition coefficient (Wildman–Crippen LogP) is 1.51. The Morgan fingerprint density at radius 2 is 2.00 bits per heavy atom. The Balaban J connectivity index is 1.81. The topological polar surface area (TPSA) is 98.7 Å². The lowest BCUT2D eigenvalue weighted by Gasteiger charge is -2.10. The zero-order valence-corrected chi connectivity index (χ0v) is 13.3. The van der Waals surface area contributed by atoms with E-state index in [4.69, 9.17) is 5.73 Å². The molecule has 0 atom stereocenters. The fourth-order valence-electron chi connectivity index (χ4n) is 2.35. The van der Waals surface area contributed by atoms with Gasteiger partial charge in [-0.05, 0) is 11.1 Å². The maximum Gasteiger partial charge on any atom is 0.254 e. The second-order valence-electron chi connectivity index (χ2n) is 5.45. The largest absolute Gasteiger partial charge is 0.365 e. The number of amides is 1. The molecule has 3 aromatic rings. The highest BCUT2D eigenvalue weighted by atomic mass is 16.1. The number of primary amides is 1. The zero-order valence-electron chi connectivity index (χ0n) is 13.3. The summed E-state index contributed by atoms with van der Waals surface area (Å²) in [6.45, 7) is 0.546. The van der Waals surface area contributed by atoms with Crippen LogP contribution in [-0.4, -0.2) is 25.7 Å². The van der Waals surface area contributed by atoms with E-state index in [2.05, 4.69) is 20.4 Å². The molecule has 0 radical (unpaired) electrons. The Bertz CT molecular complexity index is 843. The standard InChI is InChI=1S/C17H18N6O/c1-23-11-13(9-21-23)7-15-19-10-14(16(18)24)17(22-15)20-8-12-5-3-2-4-6-12/h2-6,9-11H,7-8H2,1H3,(H2,18,24)(H,19,20,22). The van der Waals surface area contributed by atoms with Crippen LogP contribution in [0, 0.1) is 0 Å². The molecule has 0 aliphatic heterocycles. The minimum atomic E-state index is -0.557. The minimum absolute atomic E-state index is 0.279. The zero-order chi connectivity index (χ0) is 16.9. The van der Waals surface area contributed by atoms with Gasteiger partial charge in [-0.3, -0.25) is 9.48 Å². The lowest BCUT2D eigenvalue weighted by atomic mass is 10.2. The first-order valence-electron chi connectivity index (χ1n) is 7.53. The monoisotopic (exact) mass is 322 g/mol. The smallest absolute Gasteiger partial charge is 0.254 e. The lowest BCUT2D eigenvalue weighted by molar-refractivity contribution is 0.100. The third kappa shape index (κ3) is 3.75. The molecule has 0 unspecified atom stereocenters. The lowest BCUT2D eigenvalue weighted by Crippen LogP contribution is -2.17. The molecule has 0 spiro atoms. The van der Waals surface area contributed by atoms with Crippen LogP contribution in [0.15, 0.2) is 48.9 Å². The van der Waals surface area contributed by atoms with Crippen LogP contribution >= 0.6 is 0 Å². The Kier molecular flexibility index (Phi) is 4.51. The van der Waals surface area contributed by atoms with Gasteiger partial charge in [0.2, 0.25) is 0 Å². The van der Waals surface area contributed by atoms with Gasteiger partial charge >= 0.3 is 0 Å². The number of nitrogens with one attached hydrogen (secondary N) is 1. The van der Waals surface area contributed by atoms with E-state index in [-0.39, 0.29) is 5.56 Å². The van der Waals surface area contributed by atoms with Gasteiger partial charge in [-0.25, -0.2) is 9.97 Å². The average Bonchev–Trinajstić information content (AvgIpc) is 2.98. The number of nitrogens with zero attached hydrogens (tertiary/aromatic N) is 4. The third-order valence-electron chi connectivity index (χ3n) is 3.53. The van der Waals surface area contributed by atoms with Crippen molar-refractivity contribution in [2.75, 3.05) is 5.32 Å². The summed E-state index contributed by atoms with van der Waals surface area (Å²) in [4.78, 5) is 20.3. The molecule has 0 saturated carbocycles. The minimum Gasteiger partial charge on any atom is -0.365 e. The molecule has 0 aliphatic carbocycles. The van der Waals surface area contributed by atoms with E-state index < -0.39 is 5.91 Å². The van der Waals surface area contributed by atoms with Crippen LogP contribution in [0.25, 0.3) is 0 Å². The number of anilines is 1. The molecule has 122 valence electrons. The molecule has 3 N–H and O–H groups in total. The second-order valence-corrected chi connectivity index (χ2v) is 5.45. The van der Waals surface area contributed by atoms with Gasteiger partial charge in [-0.1, -0.05) is 30.3 Å². The quantitative estimate of drug-likeness (QED) is 0.717. The molecule has 7 nitrogen and oxygen atoms in total. The van der Waals surface area contributed by atoms with Crippen molar-refractivity contribution in [3.8, 4) is 0 Å². The average molecular weight is 322 g/mol. The number of aromatic nitrogens is 4. The first-order chi connectivity index (χ1) is 11.6. The van der Waals surface area contributed by atoms with Crippen LogP contribution < -0.4 is 11.1 Å². The number of hydrogen-bond acceptors (Lipinski definition) is 5. The molecule has 24 heavy (non-hydrogen) atoms. The summed E-state index contributed by atoms with van der Waals surface area (Å²) in [7, 11) is 1.85. The number of aryl methyl sites for hydroxylation is 1. The second kappa shape index (κ2) is 6.91. The van der Waals surface area contributed by atoms with Crippen molar-refractivity contribution in [2.45, 2.75) is 13.0 Å². The van der Waals surface area contributed by atoms with Crippen LogP contribution in [0.4, 0.5) is 5.82 Å². The van der Waals surface area contributed by atoms with Crippen molar-refractivity contribution in [2.24, 2.45) is 12.8 Å². The fraction of sp³-hybridized carbons (Fsp3) is 0.176. The van der Waals surface area contributed by atoms with Crippen molar-refractivity contribution >= 4 is 11.7 Å². The third-order valence-corrected chi connectivity index (χ3v) is 3.53. The Morgan fingerprint density at radius 3 is 2.67 bits per heavy atom. The van der Waals surface area contributed by atoms with Gasteiger partial charge in [-0.2, -0.15) is 5.10 Å². The fourth-order valence-corrected chi connectivity index (χ4v) is 2.35. The van der Waals surface area contributed by atoms with E-state index in [1.54, 1.807) is 10.9 Å². The summed E-state index contributed by atoms with van der Waals surface area (Å²) < 4.78 is 1.72. The van der Waals surface area contributed by atoms with Crippen molar-refractivity contribution in [1.82, 2.24) is 19.7 Å². The van der Waals surface area contributed by atoms with Crippen LogP contribution in [-0.2, 0) is 20.0 Å². The number of rotatable bonds is 6. The van der Waals surface area contributed by atoms with Crippen molar-refractivity contribution in [3.63, 3.8) is 0 Å². The summed E-state index contributed by atoms with van der Waals surface area (Å²) >= 11 is 0. The number of carbonyl (C=O) groups is 1. The summed E-state index contributed by atoms with van der Waals surface area (Å²) in [5.41, 5.74) is 7.78. The van der Waals surface area contributed by atoms with Gasteiger partial charge in [0.1, 0.15) is 11.6 Å². The van der Waals surface area contributed by atoms with Gasteiger partial charge in [0, 0.05) is 32.4 Å². The molecule has 2 aromatic heterocycles. The van der Waals surface area contributed by atoms with E-state index in [1.807, 2.05) is 43.6 Å². The van der Waals surface area contributed by atoms with E-state index in [9.17, 15) is 4.79 Å². The highest BCUT2D eigenvalue weighted by Crippen LogP contribution is 2.14. The number of benzene rings is 1. The highest BCUT2D eigenvalue weighted by molar-refractivity contribution is 5.97. The summed E-state index contributed by atoms with van der Waals surface area (Å²) in [5.74, 6) is 0.488. The molecule has 0 fully saturated rings. The molecular weight excluding hydrogens is 304 g/mol. The number of nitrogens with two attached hydrogens (primary N) is 1. The SMILES string of the molecule is Cn1cc(Cc2ncc(C(N)=O)c(NCc3ccccc3)n2)cn1. The highest BCUT2D eigenvalue weighted by Gasteiger charge is 2.12. The van der Waals surface area contributed by atoms with E-state index in [0.29, 0.717) is 24.6 Å². The summed E-state index contributed by atoms with van der Waals surface area (Å²) in [6, 6.07) is 9.86. The maximum atomic E-state index is 11.6. The van der Waals surface area contributed by atoms with Gasteiger partial charge in [0.25, 0.3) is 5.91 Å². The first-order valence-corrected chi connectivity index (χ1v) is 7.53. The number of hydrogen-bond donors (Lipinski definition) is 2. The van der Waals surface area contributed by atoms with E-state index in [0.717, 1.165) is 11.1 Å². The molecule has 0 bridgehead atoms. The molecule has 1 amide bonds. The van der Waals surface area contributed by atoms with Crippen LogP contribution in [0.3, 0.4) is 0 Å². The summed E-state index contributed by atoms with van der Waals surface area (Å²) in [6.07, 6.45) is 5.67. The van der Waals surface area contributed by atoms with Gasteiger partial charge in [0.05, 0.1) is 11.8 Å². The van der Waals surface area contributed by atoms with Gasteiger partial charge in [0.15, 0.2) is 0 Å².